The van der Waals surface area contributed by atoms with E-state index >= 15 is 0 Å². The first-order chi connectivity index (χ1) is 10.2. The maximum absolute atomic E-state index is 12.3. The molecule has 1 aliphatic rings. The molecule has 0 aliphatic carbocycles. The van der Waals surface area contributed by atoms with E-state index in [1.807, 2.05) is 24.3 Å². The zero-order chi connectivity index (χ0) is 14.7. The highest BCUT2D eigenvalue weighted by atomic mass is 16.1. The van der Waals surface area contributed by atoms with Crippen molar-refractivity contribution in [2.45, 2.75) is 19.3 Å². The van der Waals surface area contributed by atoms with Crippen LogP contribution in [0.1, 0.15) is 29.6 Å². The Morgan fingerprint density at radius 1 is 1.33 bits per heavy atom. The number of likely N-dealkylation sites (tertiary alicyclic amines) is 1. The van der Waals surface area contributed by atoms with Gasteiger partial charge in [-0.1, -0.05) is 18.2 Å². The number of benzene rings is 1. The second-order valence-corrected chi connectivity index (χ2v) is 6.04. The second-order valence-electron chi connectivity index (χ2n) is 6.04. The number of aromatic amines is 1. The van der Waals surface area contributed by atoms with Crippen LogP contribution in [0.3, 0.4) is 0 Å². The van der Waals surface area contributed by atoms with E-state index in [1.165, 1.54) is 25.9 Å². The maximum atomic E-state index is 12.3. The van der Waals surface area contributed by atoms with Gasteiger partial charge >= 0.3 is 0 Å². The molecule has 3 rings (SSSR count). The highest BCUT2D eigenvalue weighted by Crippen LogP contribution is 2.20. The van der Waals surface area contributed by atoms with Crippen molar-refractivity contribution in [1.29, 1.82) is 0 Å². The van der Waals surface area contributed by atoms with Crippen LogP contribution in [0, 0.1) is 5.92 Å². The number of hydrogen-bond acceptors (Lipinski definition) is 2. The van der Waals surface area contributed by atoms with Crippen molar-refractivity contribution in [3.63, 3.8) is 0 Å². The van der Waals surface area contributed by atoms with Gasteiger partial charge in [-0.3, -0.25) is 4.79 Å². The number of aromatic nitrogens is 1. The Bertz CT molecular complexity index is 611. The summed E-state index contributed by atoms with van der Waals surface area (Å²) in [6.45, 7) is 3.13. The number of H-pyrrole nitrogens is 1. The van der Waals surface area contributed by atoms with Crippen LogP contribution in [-0.4, -0.2) is 42.5 Å². The van der Waals surface area contributed by atoms with Crippen molar-refractivity contribution in [3.05, 3.63) is 36.0 Å². The van der Waals surface area contributed by atoms with E-state index in [2.05, 4.69) is 22.2 Å². The fraction of sp³-hybridized carbons (Fsp3) is 0.471. The van der Waals surface area contributed by atoms with Gasteiger partial charge in [0, 0.05) is 23.6 Å². The summed E-state index contributed by atoms with van der Waals surface area (Å²) in [6.07, 6.45) is 5.39. The van der Waals surface area contributed by atoms with E-state index in [9.17, 15) is 4.79 Å². The predicted molar refractivity (Wildman–Crippen MR) is 85.5 cm³/mol. The molecule has 112 valence electrons. The molecule has 21 heavy (non-hydrogen) atoms. The molecule has 1 aromatic heterocycles. The molecule has 0 radical (unpaired) electrons. The van der Waals surface area contributed by atoms with E-state index in [4.69, 9.17) is 0 Å². The van der Waals surface area contributed by atoms with Gasteiger partial charge in [0.2, 0.25) is 0 Å². The van der Waals surface area contributed by atoms with Crippen LogP contribution in [-0.2, 0) is 0 Å². The van der Waals surface area contributed by atoms with Crippen LogP contribution in [0.5, 0.6) is 0 Å². The van der Waals surface area contributed by atoms with Crippen LogP contribution in [0.4, 0.5) is 0 Å². The van der Waals surface area contributed by atoms with Crippen LogP contribution in [0.2, 0.25) is 0 Å². The van der Waals surface area contributed by atoms with Gasteiger partial charge in [-0.15, -0.1) is 0 Å². The van der Waals surface area contributed by atoms with Crippen LogP contribution < -0.4 is 5.32 Å². The summed E-state index contributed by atoms with van der Waals surface area (Å²) in [5, 5.41) is 4.06. The predicted octanol–water partition coefficient (Wildman–Crippen LogP) is 2.63. The number of nitrogens with zero attached hydrogens (tertiary/aromatic N) is 1. The Morgan fingerprint density at radius 2 is 2.10 bits per heavy atom. The molecule has 1 fully saturated rings. The van der Waals surface area contributed by atoms with Gasteiger partial charge in [0.15, 0.2) is 0 Å². The van der Waals surface area contributed by atoms with E-state index in [0.717, 1.165) is 35.3 Å². The average Bonchev–Trinajstić information content (AvgIpc) is 2.93. The van der Waals surface area contributed by atoms with Gasteiger partial charge in [-0.2, -0.15) is 0 Å². The molecule has 0 bridgehead atoms. The summed E-state index contributed by atoms with van der Waals surface area (Å²) in [5.41, 5.74) is 1.76. The van der Waals surface area contributed by atoms with Crippen LogP contribution in [0.15, 0.2) is 30.5 Å². The molecule has 2 N–H and O–H groups in total. The minimum absolute atomic E-state index is 0.0281. The van der Waals surface area contributed by atoms with Crippen molar-refractivity contribution < 1.29 is 4.79 Å². The lowest BCUT2D eigenvalue weighted by molar-refractivity contribution is 0.0950. The molecular formula is C17H23N3O. The minimum Gasteiger partial charge on any atom is -0.360 e. The lowest BCUT2D eigenvalue weighted by Crippen LogP contribution is -2.32. The summed E-state index contributed by atoms with van der Waals surface area (Å²) >= 11 is 0. The molecule has 2 aromatic rings. The fourth-order valence-electron chi connectivity index (χ4n) is 3.10. The summed E-state index contributed by atoms with van der Waals surface area (Å²) in [7, 11) is 2.18. The van der Waals surface area contributed by atoms with Crippen LogP contribution in [0.25, 0.3) is 10.9 Å². The highest BCUT2D eigenvalue weighted by molar-refractivity contribution is 6.06. The summed E-state index contributed by atoms with van der Waals surface area (Å²) in [5.74, 6) is 0.782. The van der Waals surface area contributed by atoms with E-state index < -0.39 is 0 Å². The largest absolute Gasteiger partial charge is 0.360 e. The first-order valence-electron chi connectivity index (χ1n) is 7.77. The summed E-state index contributed by atoms with van der Waals surface area (Å²) in [6, 6.07) is 7.91. The standard InChI is InChI=1S/C17H23N3O/c1-20-10-7-13(8-11-20)6-9-18-17(21)15-12-19-16-5-3-2-4-14(15)16/h2-5,12-13,19H,6-11H2,1H3,(H,18,21). The second kappa shape index (κ2) is 6.31. The number of amides is 1. The zero-order valence-electron chi connectivity index (χ0n) is 12.6. The number of piperidine rings is 1. The molecule has 1 saturated heterocycles. The van der Waals surface area contributed by atoms with Gasteiger partial charge in [0.1, 0.15) is 0 Å². The molecular weight excluding hydrogens is 262 g/mol. The molecule has 1 amide bonds. The van der Waals surface area contributed by atoms with Gasteiger partial charge in [0.05, 0.1) is 5.56 Å². The van der Waals surface area contributed by atoms with E-state index in [-0.39, 0.29) is 5.91 Å². The summed E-state index contributed by atoms with van der Waals surface area (Å²) in [4.78, 5) is 17.8. The zero-order valence-corrected chi connectivity index (χ0v) is 12.6. The lowest BCUT2D eigenvalue weighted by Gasteiger charge is -2.28. The quantitative estimate of drug-likeness (QED) is 0.907. The molecule has 2 heterocycles. The number of hydrogen-bond donors (Lipinski definition) is 2. The van der Waals surface area contributed by atoms with E-state index in [0.29, 0.717) is 0 Å². The third kappa shape index (κ3) is 3.27. The first kappa shape index (κ1) is 14.1. The minimum atomic E-state index is 0.0281. The molecule has 4 nitrogen and oxygen atoms in total. The molecule has 0 spiro atoms. The molecule has 0 unspecified atom stereocenters. The number of fused-ring (bicyclic) bond motifs is 1. The lowest BCUT2D eigenvalue weighted by atomic mass is 9.94. The number of rotatable bonds is 4. The van der Waals surface area contributed by atoms with Gasteiger partial charge in [-0.25, -0.2) is 0 Å². The average molecular weight is 285 g/mol. The highest BCUT2D eigenvalue weighted by Gasteiger charge is 2.17. The number of para-hydroxylation sites is 1. The smallest absolute Gasteiger partial charge is 0.253 e. The van der Waals surface area contributed by atoms with Crippen molar-refractivity contribution in [3.8, 4) is 0 Å². The van der Waals surface area contributed by atoms with Crippen LogP contribution >= 0.6 is 0 Å². The SMILES string of the molecule is CN1CCC(CCNC(=O)c2c[nH]c3ccccc23)CC1. The van der Waals surface area contributed by atoms with E-state index in [1.54, 1.807) is 6.20 Å². The van der Waals surface area contributed by atoms with Gasteiger partial charge in [0.25, 0.3) is 5.91 Å². The third-order valence-corrected chi connectivity index (χ3v) is 4.51. The third-order valence-electron chi connectivity index (χ3n) is 4.51. The molecule has 1 aromatic carbocycles. The number of carbonyl (C=O) groups excluding carboxylic acids is 1. The normalized spacial score (nSPS) is 17.2. The topological polar surface area (TPSA) is 48.1 Å². The monoisotopic (exact) mass is 285 g/mol. The Kier molecular flexibility index (Phi) is 4.25. The van der Waals surface area contributed by atoms with Crippen molar-refractivity contribution in [2.75, 3.05) is 26.7 Å². The van der Waals surface area contributed by atoms with Gasteiger partial charge in [-0.05, 0) is 51.4 Å². The Hall–Kier alpha value is -1.81. The fourth-order valence-corrected chi connectivity index (χ4v) is 3.10. The molecule has 4 heteroatoms. The number of nitrogens with one attached hydrogen (secondary N) is 2. The van der Waals surface area contributed by atoms with Crippen molar-refractivity contribution in [2.24, 2.45) is 5.92 Å². The molecule has 1 aliphatic heterocycles. The van der Waals surface area contributed by atoms with Crippen molar-refractivity contribution in [1.82, 2.24) is 15.2 Å². The first-order valence-corrected chi connectivity index (χ1v) is 7.77. The maximum Gasteiger partial charge on any atom is 0.253 e. The number of carbonyl (C=O) groups is 1. The molecule has 0 saturated carbocycles. The Labute approximate surface area is 125 Å². The summed E-state index contributed by atoms with van der Waals surface area (Å²) < 4.78 is 0. The van der Waals surface area contributed by atoms with Crippen molar-refractivity contribution >= 4 is 16.8 Å². The van der Waals surface area contributed by atoms with Gasteiger partial charge < -0.3 is 15.2 Å². The molecule has 0 atom stereocenters. The Balaban J connectivity index is 1.52. The Morgan fingerprint density at radius 3 is 2.90 bits per heavy atom.